The molecule has 180 valence electrons. The van der Waals surface area contributed by atoms with Crippen LogP contribution < -0.4 is 0 Å². The van der Waals surface area contributed by atoms with Gasteiger partial charge in [0.2, 0.25) is 0 Å². The van der Waals surface area contributed by atoms with Crippen LogP contribution in [0, 0.1) is 46.3 Å². The van der Waals surface area contributed by atoms with Crippen molar-refractivity contribution in [3.05, 3.63) is 0 Å². The van der Waals surface area contributed by atoms with E-state index in [2.05, 4.69) is 20.8 Å². The molecule has 4 rings (SSSR count). The first-order valence-electron chi connectivity index (χ1n) is 12.9. The van der Waals surface area contributed by atoms with Gasteiger partial charge in [-0.15, -0.1) is 0 Å². The molecular weight excluding hydrogens is 404 g/mol. The Hall–Kier alpha value is -1.39. The van der Waals surface area contributed by atoms with Crippen molar-refractivity contribution in [2.45, 2.75) is 98.0 Å². The molecule has 5 nitrogen and oxygen atoms in total. The highest BCUT2D eigenvalue weighted by Crippen LogP contribution is 2.67. The van der Waals surface area contributed by atoms with Crippen molar-refractivity contribution in [3.8, 4) is 0 Å². The molecule has 0 unspecified atom stereocenters. The number of carbonyl (C=O) groups excluding carboxylic acids is 3. The van der Waals surface area contributed by atoms with E-state index in [-0.39, 0.29) is 34.8 Å². The summed E-state index contributed by atoms with van der Waals surface area (Å²) in [6, 6.07) is 0. The molecule has 0 aromatic carbocycles. The Morgan fingerprint density at radius 2 is 1.84 bits per heavy atom. The number of fused-ring (bicyclic) bond motifs is 5. The first-order valence-corrected chi connectivity index (χ1v) is 12.9. The Morgan fingerprint density at radius 3 is 2.53 bits per heavy atom. The minimum absolute atomic E-state index is 0.0256. The second-order valence-corrected chi connectivity index (χ2v) is 12.0. The fourth-order valence-corrected chi connectivity index (χ4v) is 9.00. The monoisotopic (exact) mass is 446 g/mol. The summed E-state index contributed by atoms with van der Waals surface area (Å²) in [5.74, 6) is 2.85. The predicted octanol–water partition coefficient (Wildman–Crippen LogP) is 5.35. The molecule has 32 heavy (non-hydrogen) atoms. The second-order valence-electron chi connectivity index (χ2n) is 12.0. The molecule has 0 aromatic heterocycles. The quantitative estimate of drug-likeness (QED) is 0.533. The summed E-state index contributed by atoms with van der Waals surface area (Å²) in [6.07, 6.45) is 9.51. The van der Waals surface area contributed by atoms with Crippen LogP contribution in [-0.4, -0.2) is 30.9 Å². The van der Waals surface area contributed by atoms with Gasteiger partial charge in [0.1, 0.15) is 11.9 Å². The van der Waals surface area contributed by atoms with Crippen LogP contribution in [-0.2, 0) is 23.9 Å². The van der Waals surface area contributed by atoms with Crippen LogP contribution in [0.1, 0.15) is 91.9 Å². The van der Waals surface area contributed by atoms with Gasteiger partial charge < -0.3 is 9.47 Å². The van der Waals surface area contributed by atoms with Crippen LogP contribution in [0.4, 0.5) is 0 Å². The minimum atomic E-state index is -0.185. The Kier molecular flexibility index (Phi) is 6.50. The third kappa shape index (κ3) is 3.92. The molecule has 5 heteroatoms. The summed E-state index contributed by atoms with van der Waals surface area (Å²) >= 11 is 0. The molecule has 0 radical (unpaired) electrons. The molecule has 4 aliphatic rings. The number of methoxy groups -OCH3 is 1. The Morgan fingerprint density at radius 1 is 1.09 bits per heavy atom. The number of rotatable bonds is 5. The Labute approximate surface area is 193 Å². The van der Waals surface area contributed by atoms with E-state index in [4.69, 9.17) is 9.47 Å². The number of Topliss-reactive ketones (excluding diaryl/α,β-unsaturated/α-hetero) is 1. The third-order valence-electron chi connectivity index (χ3n) is 10.4. The van der Waals surface area contributed by atoms with E-state index in [1.807, 2.05) is 0 Å². The van der Waals surface area contributed by atoms with E-state index in [9.17, 15) is 14.4 Å². The van der Waals surface area contributed by atoms with Crippen LogP contribution >= 0.6 is 0 Å². The van der Waals surface area contributed by atoms with Crippen molar-refractivity contribution in [3.63, 3.8) is 0 Å². The van der Waals surface area contributed by atoms with Crippen molar-refractivity contribution in [2.75, 3.05) is 7.11 Å². The maximum Gasteiger partial charge on any atom is 0.305 e. The van der Waals surface area contributed by atoms with E-state index in [0.717, 1.165) is 38.5 Å². The minimum Gasteiger partial charge on any atom is -0.469 e. The number of ether oxygens (including phenoxy) is 2. The topological polar surface area (TPSA) is 69.7 Å². The molecule has 0 aliphatic heterocycles. The molecule has 0 spiro atoms. The molecule has 0 saturated heterocycles. The first kappa shape index (κ1) is 23.8. The van der Waals surface area contributed by atoms with Gasteiger partial charge in [-0.1, -0.05) is 20.8 Å². The normalized spacial score (nSPS) is 44.1. The lowest BCUT2D eigenvalue weighted by Crippen LogP contribution is -2.58. The number of carbonyl (C=O) groups is 3. The molecule has 4 aliphatic carbocycles. The van der Waals surface area contributed by atoms with Gasteiger partial charge in [0.05, 0.1) is 7.11 Å². The zero-order valence-electron chi connectivity index (χ0n) is 20.7. The lowest BCUT2D eigenvalue weighted by Gasteiger charge is -2.60. The number of hydrogen-bond acceptors (Lipinski definition) is 5. The number of hydrogen-bond donors (Lipinski definition) is 0. The maximum absolute atomic E-state index is 13.8. The van der Waals surface area contributed by atoms with Gasteiger partial charge in [0, 0.05) is 25.7 Å². The van der Waals surface area contributed by atoms with E-state index in [0.29, 0.717) is 48.2 Å². The van der Waals surface area contributed by atoms with Crippen molar-refractivity contribution < 1.29 is 23.9 Å². The van der Waals surface area contributed by atoms with E-state index >= 15 is 0 Å². The van der Waals surface area contributed by atoms with Gasteiger partial charge in [-0.25, -0.2) is 0 Å². The summed E-state index contributed by atoms with van der Waals surface area (Å²) in [7, 11) is 1.45. The highest BCUT2D eigenvalue weighted by Gasteiger charge is 2.63. The summed E-state index contributed by atoms with van der Waals surface area (Å²) in [5.41, 5.74) is 0.110. The standard InChI is InChI=1S/C27H42O5/c1-16(6-11-24(30)31-5)21-9-10-22-20-8-7-18-14-19(32-17(2)28)12-13-26(18,3)25(20)23(29)15-27(21,22)4/h16,18-22,25H,6-15H2,1-5H3/t16-,18+,19-,20-,21+,22-,25+,26-,27+/m0/s1. The molecule has 0 heterocycles. The van der Waals surface area contributed by atoms with Crippen molar-refractivity contribution in [1.29, 1.82) is 0 Å². The summed E-state index contributed by atoms with van der Waals surface area (Å²) in [5, 5.41) is 0. The molecule has 9 atom stereocenters. The van der Waals surface area contributed by atoms with Gasteiger partial charge in [-0.3, -0.25) is 14.4 Å². The van der Waals surface area contributed by atoms with Crippen LogP contribution in [0.25, 0.3) is 0 Å². The zero-order chi connectivity index (χ0) is 23.3. The summed E-state index contributed by atoms with van der Waals surface area (Å²) in [4.78, 5) is 37.0. The average Bonchev–Trinajstić information content (AvgIpc) is 3.07. The largest absolute Gasteiger partial charge is 0.469 e. The Balaban J connectivity index is 1.50. The second kappa shape index (κ2) is 8.76. The molecule has 0 aromatic rings. The van der Waals surface area contributed by atoms with Crippen LogP contribution in [0.3, 0.4) is 0 Å². The lowest BCUT2D eigenvalue weighted by atomic mass is 9.44. The maximum atomic E-state index is 13.8. The fraction of sp³-hybridized carbons (Fsp3) is 0.889. The molecule has 0 amide bonds. The third-order valence-corrected chi connectivity index (χ3v) is 10.4. The fourth-order valence-electron chi connectivity index (χ4n) is 9.00. The van der Waals surface area contributed by atoms with Crippen LogP contribution in [0.5, 0.6) is 0 Å². The smallest absolute Gasteiger partial charge is 0.305 e. The highest BCUT2D eigenvalue weighted by atomic mass is 16.5. The summed E-state index contributed by atoms with van der Waals surface area (Å²) < 4.78 is 10.4. The van der Waals surface area contributed by atoms with Gasteiger partial charge in [-0.2, -0.15) is 0 Å². The van der Waals surface area contributed by atoms with Gasteiger partial charge in [-0.05, 0) is 91.8 Å². The number of ketones is 1. The molecule has 4 saturated carbocycles. The Bertz CT molecular complexity index is 761. The molecule has 0 N–H and O–H groups in total. The average molecular weight is 447 g/mol. The molecule has 0 bridgehead atoms. The SMILES string of the molecule is COC(=O)CC[C@H](C)[C@H]1CC[C@H]2[C@@H]3CC[C@@H]4C[C@@H](OC(C)=O)CC[C@]4(C)[C@H]3C(=O)C[C@]12C. The van der Waals surface area contributed by atoms with E-state index in [1.54, 1.807) is 0 Å². The predicted molar refractivity (Wildman–Crippen MR) is 122 cm³/mol. The first-order chi connectivity index (χ1) is 15.1. The van der Waals surface area contributed by atoms with Gasteiger partial charge >= 0.3 is 11.9 Å². The van der Waals surface area contributed by atoms with Crippen LogP contribution in [0.15, 0.2) is 0 Å². The van der Waals surface area contributed by atoms with E-state index < -0.39 is 0 Å². The summed E-state index contributed by atoms with van der Waals surface area (Å²) in [6.45, 7) is 8.51. The van der Waals surface area contributed by atoms with Crippen molar-refractivity contribution in [2.24, 2.45) is 46.3 Å². The molecular formula is C27H42O5. The van der Waals surface area contributed by atoms with Crippen molar-refractivity contribution >= 4 is 17.7 Å². The van der Waals surface area contributed by atoms with Gasteiger partial charge in [0.15, 0.2) is 0 Å². The lowest BCUT2D eigenvalue weighted by molar-refractivity contribution is -0.169. The van der Waals surface area contributed by atoms with Crippen LogP contribution in [0.2, 0.25) is 0 Å². The zero-order valence-corrected chi connectivity index (χ0v) is 20.7. The molecule has 4 fully saturated rings. The van der Waals surface area contributed by atoms with Crippen molar-refractivity contribution in [1.82, 2.24) is 0 Å². The van der Waals surface area contributed by atoms with Gasteiger partial charge in [0.25, 0.3) is 0 Å². The number of esters is 2. The van der Waals surface area contributed by atoms with E-state index in [1.165, 1.54) is 26.9 Å². The highest BCUT2D eigenvalue weighted by molar-refractivity contribution is 5.84.